The third kappa shape index (κ3) is 3.45. The Balaban J connectivity index is 1.64. The summed E-state index contributed by atoms with van der Waals surface area (Å²) >= 11 is 4.79. The van der Waals surface area contributed by atoms with E-state index in [0.29, 0.717) is 0 Å². The van der Waals surface area contributed by atoms with Gasteiger partial charge in [0.1, 0.15) is 0 Å². The van der Waals surface area contributed by atoms with Crippen LogP contribution < -0.4 is 0 Å². The Morgan fingerprint density at radius 1 is 0.867 bits per heavy atom. The van der Waals surface area contributed by atoms with Crippen molar-refractivity contribution in [2.75, 3.05) is 0 Å². The Bertz CT molecular complexity index is 1270. The molecule has 0 unspecified atom stereocenters. The summed E-state index contributed by atoms with van der Waals surface area (Å²) in [6.45, 7) is 4.48. The third-order valence-corrected chi connectivity index (χ3v) is 7.44. The molecule has 148 valence electrons. The second-order valence-corrected chi connectivity index (χ2v) is 10.5. The number of rotatable bonds is 3. The molecule has 3 nitrogen and oxygen atoms in total. The van der Waals surface area contributed by atoms with Crippen LogP contribution in [-0.4, -0.2) is 15.0 Å². The predicted molar refractivity (Wildman–Crippen MR) is 138 cm³/mol. The first-order valence-electron chi connectivity index (χ1n) is 9.80. The number of nitrogens with zero attached hydrogens (tertiary/aromatic N) is 3. The van der Waals surface area contributed by atoms with Gasteiger partial charge < -0.3 is 0 Å². The lowest BCUT2D eigenvalue weighted by Gasteiger charge is -2.26. The van der Waals surface area contributed by atoms with Crippen molar-refractivity contribution in [1.82, 2.24) is 15.0 Å². The zero-order valence-electron chi connectivity index (χ0n) is 16.7. The topological polar surface area (TPSA) is 38.7 Å². The summed E-state index contributed by atoms with van der Waals surface area (Å²) in [7, 11) is 0. The fourth-order valence-corrected chi connectivity index (χ4v) is 5.28. The van der Waals surface area contributed by atoms with E-state index in [2.05, 4.69) is 111 Å². The van der Waals surface area contributed by atoms with E-state index in [1.807, 2.05) is 24.5 Å². The molecular formula is C25H19I2N3. The van der Waals surface area contributed by atoms with E-state index in [1.54, 1.807) is 0 Å². The number of hydrogen-bond acceptors (Lipinski definition) is 3. The molecule has 5 rings (SSSR count). The molecule has 0 amide bonds. The van der Waals surface area contributed by atoms with E-state index in [-0.39, 0.29) is 5.41 Å². The van der Waals surface area contributed by atoms with Crippen LogP contribution in [0, 0.1) is 7.14 Å². The maximum atomic E-state index is 5.06. The van der Waals surface area contributed by atoms with Gasteiger partial charge in [0.15, 0.2) is 0 Å². The lowest BCUT2D eigenvalue weighted by atomic mass is 9.80. The average Bonchev–Trinajstić information content (AvgIpc) is 3.13. The van der Waals surface area contributed by atoms with Crippen molar-refractivity contribution in [3.05, 3.63) is 96.5 Å². The number of fused-ring (bicyclic) bond motifs is 3. The van der Waals surface area contributed by atoms with Crippen molar-refractivity contribution in [1.29, 1.82) is 0 Å². The monoisotopic (exact) mass is 615 g/mol. The standard InChI is InChI=1S/C25H19I2N3/c1-25(2,23-5-3-4-9-29-23)16-12-19-18(20(27)13-16)11-15-6-7-21(30-24(15)19)22-14-17(26)8-10-28-22/h3-10,12-14H,11H2,1-2H3. The van der Waals surface area contributed by atoms with Crippen LogP contribution in [0.1, 0.15) is 36.2 Å². The number of benzene rings is 1. The van der Waals surface area contributed by atoms with Crippen molar-refractivity contribution in [3.8, 4) is 22.6 Å². The van der Waals surface area contributed by atoms with Gasteiger partial charge in [0.05, 0.1) is 22.8 Å². The Labute approximate surface area is 203 Å². The maximum Gasteiger partial charge on any atom is 0.0896 e. The van der Waals surface area contributed by atoms with Gasteiger partial charge in [0.2, 0.25) is 0 Å². The molecule has 0 N–H and O–H groups in total. The summed E-state index contributed by atoms with van der Waals surface area (Å²) in [5.74, 6) is 0. The fraction of sp³-hybridized carbons (Fsp3) is 0.160. The highest BCUT2D eigenvalue weighted by molar-refractivity contribution is 14.1. The van der Waals surface area contributed by atoms with E-state index in [9.17, 15) is 0 Å². The summed E-state index contributed by atoms with van der Waals surface area (Å²) in [5, 5.41) is 0. The summed E-state index contributed by atoms with van der Waals surface area (Å²) in [6.07, 6.45) is 4.64. The van der Waals surface area contributed by atoms with Crippen LogP contribution in [0.5, 0.6) is 0 Å². The fourth-order valence-electron chi connectivity index (χ4n) is 4.01. The minimum absolute atomic E-state index is 0.187. The van der Waals surface area contributed by atoms with Gasteiger partial charge in [-0.25, -0.2) is 4.98 Å². The van der Waals surface area contributed by atoms with Gasteiger partial charge in [-0.1, -0.05) is 26.0 Å². The normalized spacial score (nSPS) is 12.5. The largest absolute Gasteiger partial charge is 0.260 e. The summed E-state index contributed by atoms with van der Waals surface area (Å²) in [6, 6.07) is 19.1. The van der Waals surface area contributed by atoms with Crippen LogP contribution in [-0.2, 0) is 11.8 Å². The molecule has 3 aromatic heterocycles. The lowest BCUT2D eigenvalue weighted by Crippen LogP contribution is -2.21. The van der Waals surface area contributed by atoms with E-state index in [1.165, 1.54) is 25.8 Å². The molecule has 0 saturated carbocycles. The molecule has 5 heteroatoms. The van der Waals surface area contributed by atoms with Crippen LogP contribution in [0.2, 0.25) is 0 Å². The molecule has 4 aromatic rings. The SMILES string of the molecule is CC(C)(c1cc(I)c2c(c1)-c1nc(-c3cc(I)ccn3)ccc1C2)c1ccccn1. The molecule has 0 fully saturated rings. The minimum Gasteiger partial charge on any atom is -0.260 e. The van der Waals surface area contributed by atoms with Crippen molar-refractivity contribution < 1.29 is 0 Å². The third-order valence-electron chi connectivity index (χ3n) is 5.81. The summed E-state index contributed by atoms with van der Waals surface area (Å²) in [4.78, 5) is 14.2. The first-order chi connectivity index (χ1) is 14.4. The van der Waals surface area contributed by atoms with Gasteiger partial charge in [0, 0.05) is 36.9 Å². The van der Waals surface area contributed by atoms with E-state index in [0.717, 1.165) is 32.8 Å². The Morgan fingerprint density at radius 3 is 2.50 bits per heavy atom. The molecule has 0 atom stereocenters. The highest BCUT2D eigenvalue weighted by atomic mass is 127. The van der Waals surface area contributed by atoms with Crippen LogP contribution in [0.25, 0.3) is 22.6 Å². The van der Waals surface area contributed by atoms with Crippen LogP contribution >= 0.6 is 45.2 Å². The van der Waals surface area contributed by atoms with Gasteiger partial charge in [0.25, 0.3) is 0 Å². The molecule has 0 bridgehead atoms. The van der Waals surface area contributed by atoms with E-state index in [4.69, 9.17) is 4.98 Å². The molecule has 3 heterocycles. The van der Waals surface area contributed by atoms with Crippen LogP contribution in [0.4, 0.5) is 0 Å². The summed E-state index contributed by atoms with van der Waals surface area (Å²) < 4.78 is 2.45. The van der Waals surface area contributed by atoms with Crippen LogP contribution in [0.3, 0.4) is 0 Å². The van der Waals surface area contributed by atoms with Gasteiger partial charge >= 0.3 is 0 Å². The quantitative estimate of drug-likeness (QED) is 0.214. The first-order valence-corrected chi connectivity index (χ1v) is 12.0. The Morgan fingerprint density at radius 2 is 1.73 bits per heavy atom. The number of aromatic nitrogens is 3. The second kappa shape index (κ2) is 7.67. The molecule has 0 spiro atoms. The minimum atomic E-state index is -0.187. The van der Waals surface area contributed by atoms with Crippen molar-refractivity contribution >= 4 is 45.2 Å². The van der Waals surface area contributed by atoms with Crippen LogP contribution in [0.15, 0.2) is 67.0 Å². The number of hydrogen-bond donors (Lipinski definition) is 0. The maximum absolute atomic E-state index is 5.06. The Kier molecular flexibility index (Phi) is 5.13. The Hall–Kier alpha value is -1.87. The average molecular weight is 615 g/mol. The van der Waals surface area contributed by atoms with Gasteiger partial charge in [-0.15, -0.1) is 0 Å². The van der Waals surface area contributed by atoms with Crippen molar-refractivity contribution in [3.63, 3.8) is 0 Å². The molecular weight excluding hydrogens is 596 g/mol. The summed E-state index contributed by atoms with van der Waals surface area (Å²) in [5.41, 5.74) is 8.95. The molecule has 30 heavy (non-hydrogen) atoms. The van der Waals surface area contributed by atoms with E-state index < -0.39 is 0 Å². The molecule has 1 aliphatic carbocycles. The molecule has 1 aliphatic rings. The lowest BCUT2D eigenvalue weighted by molar-refractivity contribution is 0.616. The molecule has 0 saturated heterocycles. The number of pyridine rings is 3. The molecule has 1 aromatic carbocycles. The van der Waals surface area contributed by atoms with Gasteiger partial charge in [-0.3, -0.25) is 9.97 Å². The van der Waals surface area contributed by atoms with Gasteiger partial charge in [-0.2, -0.15) is 0 Å². The first kappa shape index (κ1) is 20.1. The zero-order chi connectivity index (χ0) is 20.9. The highest BCUT2D eigenvalue weighted by Gasteiger charge is 2.29. The predicted octanol–water partition coefficient (Wildman–Crippen LogP) is 6.64. The second-order valence-electron chi connectivity index (χ2n) is 8.06. The van der Waals surface area contributed by atoms with Crippen molar-refractivity contribution in [2.45, 2.75) is 25.7 Å². The van der Waals surface area contributed by atoms with Crippen molar-refractivity contribution in [2.24, 2.45) is 0 Å². The van der Waals surface area contributed by atoms with Gasteiger partial charge in [-0.05, 0) is 104 Å². The zero-order valence-corrected chi connectivity index (χ0v) is 21.0. The molecule has 0 radical (unpaired) electrons. The van der Waals surface area contributed by atoms with E-state index >= 15 is 0 Å². The smallest absolute Gasteiger partial charge is 0.0896 e. The number of halogens is 2. The molecule has 0 aliphatic heterocycles. The highest BCUT2D eigenvalue weighted by Crippen LogP contribution is 2.42.